The third-order valence-electron chi connectivity index (χ3n) is 18.5. The Morgan fingerprint density at radius 2 is 0.752 bits per heavy atom. The number of carbonyl (C=O) groups excluding carboxylic acids is 5. The van der Waals surface area contributed by atoms with E-state index in [2.05, 4.69) is 180 Å². The molecule has 6 aromatic rings. The summed E-state index contributed by atoms with van der Waals surface area (Å²) < 4.78 is 41.0. The summed E-state index contributed by atoms with van der Waals surface area (Å²) in [7, 11) is 41.4. The van der Waals surface area contributed by atoms with Crippen LogP contribution in [-0.4, -0.2) is 77.6 Å². The first-order chi connectivity index (χ1) is 54.9. The van der Waals surface area contributed by atoms with Gasteiger partial charge < -0.3 is 38.3 Å². The van der Waals surface area contributed by atoms with E-state index in [1.54, 1.807) is 174 Å². The van der Waals surface area contributed by atoms with Gasteiger partial charge in [-0.25, -0.2) is 0 Å². The number of methoxy groups -OCH3 is 2. The second kappa shape index (κ2) is 62.1. The fourth-order valence-electron chi connectivity index (χ4n) is 15.6. The number of aromatic hydroxyl groups is 1. The summed E-state index contributed by atoms with van der Waals surface area (Å²) in [5.74, 6) is 8.05. The monoisotopic (exact) mass is 2220 g/mol. The Labute approximate surface area is 775 Å². The Morgan fingerprint density at radius 1 is 0.425 bits per heavy atom. The van der Waals surface area contributed by atoms with Gasteiger partial charge in [0.15, 0.2) is 13.6 Å². The minimum absolute atomic E-state index is 0.210. The first-order valence-electron chi connectivity index (χ1n) is 33.7. The van der Waals surface area contributed by atoms with Crippen molar-refractivity contribution in [1.82, 2.24) is 0 Å². The van der Waals surface area contributed by atoms with Crippen molar-refractivity contribution in [2.75, 3.05) is 54.2 Å². The topological polar surface area (TPSA) is 170 Å². The summed E-state index contributed by atoms with van der Waals surface area (Å²) in [5.41, 5.74) is 7.96. The molecule has 622 valence electrons. The van der Waals surface area contributed by atoms with Gasteiger partial charge in [0.05, 0.1) is 26.4 Å². The second-order valence-corrected chi connectivity index (χ2v) is 69.5. The highest BCUT2D eigenvalue weighted by Crippen LogP contribution is 2.63. The quantitative estimate of drug-likeness (QED) is 0.0373. The van der Waals surface area contributed by atoms with E-state index < -0.39 is 0 Å². The van der Waals surface area contributed by atoms with Gasteiger partial charge in [-0.05, 0) is 230 Å². The van der Waals surface area contributed by atoms with Crippen molar-refractivity contribution in [1.29, 1.82) is 0 Å². The van der Waals surface area contributed by atoms with Crippen molar-refractivity contribution < 1.29 is 62.2 Å². The van der Waals surface area contributed by atoms with Gasteiger partial charge in [0.1, 0.15) is 23.0 Å². The van der Waals surface area contributed by atoms with Crippen molar-refractivity contribution in [2.24, 2.45) is 35.5 Å². The Hall–Kier alpha value is 0.870. The van der Waals surface area contributed by atoms with Crippen LogP contribution < -0.4 is 14.2 Å². The maximum Gasteiger partial charge on any atom is 0.373 e. The van der Waals surface area contributed by atoms with Crippen molar-refractivity contribution in [2.45, 2.75) is 121 Å². The number of hydrogen-bond acceptors (Lipinski definition) is 19. The van der Waals surface area contributed by atoms with Crippen molar-refractivity contribution in [3.63, 3.8) is 0 Å². The number of phenols is 1. The lowest BCUT2D eigenvalue weighted by atomic mass is 9.48. The first-order valence-corrected chi connectivity index (χ1v) is 71.3. The Morgan fingerprint density at radius 3 is 1.13 bits per heavy atom. The van der Waals surface area contributed by atoms with Crippen LogP contribution in [0.15, 0.2) is 106 Å². The number of halogens is 2. The number of fused-ring (bicyclic) bond motifs is 2. The molecule has 13 nitrogen and oxygen atoms in total. The molecular weight excluding hydrogens is 2150 g/mol. The lowest BCUT2D eigenvalue weighted by Crippen LogP contribution is -2.48. The number of esters is 1. The minimum Gasteiger partial charge on any atom is -0.507 e. The number of rotatable bonds is 18. The van der Waals surface area contributed by atoms with Crippen molar-refractivity contribution in [3.8, 4) is 34.1 Å². The third-order valence-corrected chi connectivity index (χ3v) is 66.2. The highest BCUT2D eigenvalue weighted by Gasteiger charge is 2.54. The van der Waals surface area contributed by atoms with Crippen LogP contribution in [0.3, 0.4) is 0 Å². The zero-order chi connectivity index (χ0) is 82.1. The zero-order valence-corrected chi connectivity index (χ0v) is 88.4. The molecule has 0 aromatic heterocycles. The molecule has 0 spiro atoms. The molecule has 0 radical (unpaired) electrons. The lowest BCUT2D eigenvalue weighted by Gasteiger charge is -2.57. The third kappa shape index (κ3) is 38.5. The average molecular weight is 2230 g/mol. The highest BCUT2D eigenvalue weighted by atomic mass is 79.9. The van der Waals surface area contributed by atoms with Crippen LogP contribution in [0, 0.1) is 35.5 Å². The van der Waals surface area contributed by atoms with Gasteiger partial charge in [0, 0.05) is 332 Å². The molecule has 0 unspecified atom stereocenters. The van der Waals surface area contributed by atoms with Crippen LogP contribution in [0.4, 0.5) is 0 Å². The molecule has 8 saturated carbocycles. The van der Waals surface area contributed by atoms with Crippen LogP contribution in [0.25, 0.3) is 32.7 Å². The summed E-state index contributed by atoms with van der Waals surface area (Å²) >= 11 is 35.0. The van der Waals surface area contributed by atoms with Crippen molar-refractivity contribution in [3.05, 3.63) is 128 Å². The predicted octanol–water partition coefficient (Wildman–Crippen LogP) is 15.0. The van der Waals surface area contributed by atoms with Gasteiger partial charge in [-0.1, -0.05) is 82.1 Å². The van der Waals surface area contributed by atoms with Crippen LogP contribution in [0.1, 0.15) is 120 Å². The molecular formula is C68H78Br2O13S30. The van der Waals surface area contributed by atoms with Gasteiger partial charge in [-0.3, -0.25) is 4.79 Å². The summed E-state index contributed by atoms with van der Waals surface area (Å²) in [5, 5.41) is 14.8. The smallest absolute Gasteiger partial charge is 0.373 e. The van der Waals surface area contributed by atoms with E-state index in [-0.39, 0.29) is 30.5 Å². The van der Waals surface area contributed by atoms with Gasteiger partial charge >= 0.3 is 18.3 Å². The predicted molar refractivity (Wildman–Crippen MR) is 544 cm³/mol. The number of benzene rings is 6. The van der Waals surface area contributed by atoms with E-state index in [1.807, 2.05) is 30.3 Å². The summed E-state index contributed by atoms with van der Waals surface area (Å²) in [6.07, 6.45) is 18.8. The SMILES string of the molecule is CCc1cc(O)c2cc(-c3ccc(OCOCCOC)c(C45CC6CC(CC(C6)C4)C5)c3)ccc2c1.CCc1cc(OC(C)=O)c2cc(Br)ccc2c1.COCCOCOc1ccc(Br)cc1C12CC3CC(CC(C3)C1)C2.O=C=O.O=C=O.S=S=S=S=S=S=S=S=S.S=S=S=S=S=S=S=S=S=S.S=S=S=S=S=S=S=S=S=S=S. The molecule has 8 aliphatic rings. The largest absolute Gasteiger partial charge is 0.507 e. The molecule has 1 N–H and O–H groups in total. The van der Waals surface area contributed by atoms with Crippen molar-refractivity contribution >= 4 is 352 Å². The van der Waals surface area contributed by atoms with E-state index in [9.17, 15) is 9.90 Å². The maximum atomic E-state index is 11.1. The molecule has 45 heteroatoms. The summed E-state index contributed by atoms with van der Waals surface area (Å²) in [6, 6.07) is 33.7. The Bertz CT molecular complexity index is 5280. The maximum absolute atomic E-state index is 11.1. The van der Waals surface area contributed by atoms with Crippen LogP contribution >= 0.6 is 31.9 Å². The standard InChI is InChI=1S/C32H38O4.C20H27BrO3.C14H13BrO2.2CO2.S11.S10.S9/c1-3-21-13-27-5-4-25(15-28(27)30(33)14-21)26-6-7-31(36-20-35-9-8-34-2)29(16-26)32-17-22-10-23(18-32)12-24(11-22)19-32;1-22-4-5-23-13-24-19-3-2-17(21)9-18(19)20-10-14-6-15(11-20)8-16(7-14)12-20;1-3-10-6-11-4-5-12(15)8-13(11)14(7-10)17-9(2)16;2*2-1-3;1-3-5-7-9-11-10-8-6-4-2;1-3-5-7-9-10-8-6-4-2;1-3-5-7-9-8-6-4-2/h4-7,13-16,22-24,33H,3,8-12,17-20H2,1-2H3;2-3,9,14-16H,4-8,10-13H2,1H3;4-8H,3H2,1-2H3;;;;;. The zero-order valence-electron chi connectivity index (χ0n) is 60.7. The number of ether oxygens (including phenoxy) is 7. The fraction of sp³-hybridized carbons (Fsp3) is 0.485. The summed E-state index contributed by atoms with van der Waals surface area (Å²) in [6.45, 7) is 8.43. The number of phenolic OH excluding ortho intramolecular Hbond substituents is 1. The van der Waals surface area contributed by atoms with Gasteiger partial charge in [0.25, 0.3) is 0 Å². The molecule has 0 saturated heterocycles. The molecule has 113 heavy (non-hydrogen) atoms. The molecule has 8 bridgehead atoms. The van der Waals surface area contributed by atoms with Crippen LogP contribution in [-0.2, 0) is 347 Å². The number of carbonyl (C=O) groups is 1. The molecule has 0 aliphatic heterocycles. The summed E-state index contributed by atoms with van der Waals surface area (Å²) in [4.78, 5) is 43.6. The Kier molecular flexibility index (Phi) is 57.3. The molecule has 0 atom stereocenters. The lowest BCUT2D eigenvalue weighted by molar-refractivity contribution is -0.193. The van der Waals surface area contributed by atoms with Crippen LogP contribution in [0.5, 0.6) is 23.0 Å². The molecule has 8 fully saturated rings. The molecule has 0 heterocycles. The van der Waals surface area contributed by atoms with E-state index in [1.165, 1.54) is 154 Å². The van der Waals surface area contributed by atoms with E-state index in [0.29, 0.717) is 50.1 Å². The number of aryl methyl sites for hydroxylation is 2. The van der Waals surface area contributed by atoms with E-state index in [4.69, 9.17) is 52.3 Å². The molecule has 8 aliphatic carbocycles. The second-order valence-electron chi connectivity index (χ2n) is 25.2. The van der Waals surface area contributed by atoms with Gasteiger partial charge in [-0.2, -0.15) is 19.2 Å². The Balaban J connectivity index is 0.000000258. The van der Waals surface area contributed by atoms with Crippen LogP contribution in [0.2, 0.25) is 0 Å². The molecule has 6 aromatic carbocycles. The minimum atomic E-state index is -0.292. The van der Waals surface area contributed by atoms with E-state index >= 15 is 0 Å². The molecule has 0 amide bonds. The van der Waals surface area contributed by atoms with Gasteiger partial charge in [0.2, 0.25) is 0 Å². The normalized spacial score (nSPS) is 19.2. The number of hydrogen-bond donors (Lipinski definition) is 1. The van der Waals surface area contributed by atoms with E-state index in [0.717, 1.165) is 107 Å². The average Bonchev–Trinajstić information content (AvgIpc) is 0.733. The fourth-order valence-corrected chi connectivity index (χ4v) is 65.7. The highest BCUT2D eigenvalue weighted by molar-refractivity contribution is 9.10. The van der Waals surface area contributed by atoms with Gasteiger partial charge in [-0.15, -0.1) is 0 Å². The first kappa shape index (κ1) is 104. The molecule has 14 rings (SSSR count).